The summed E-state index contributed by atoms with van der Waals surface area (Å²) in [6, 6.07) is 9.32. The van der Waals surface area contributed by atoms with E-state index < -0.39 is 0 Å². The number of nitriles is 1. The number of hydrogen-bond donors (Lipinski definition) is 0. The molecule has 0 saturated carbocycles. The largest absolute Gasteiger partial charge is 0.492 e. The van der Waals surface area contributed by atoms with Crippen LogP contribution in [-0.2, 0) is 4.74 Å². The highest BCUT2D eigenvalue weighted by atomic mass is 16.5. The van der Waals surface area contributed by atoms with Crippen LogP contribution in [0.25, 0.3) is 0 Å². The number of hydrogen-bond acceptors (Lipinski definition) is 4. The van der Waals surface area contributed by atoms with Crippen LogP contribution in [0.2, 0.25) is 0 Å². The smallest absolute Gasteiger partial charge is 0.119 e. The van der Waals surface area contributed by atoms with Crippen molar-refractivity contribution in [2.75, 3.05) is 26.2 Å². The van der Waals surface area contributed by atoms with Crippen molar-refractivity contribution in [1.29, 1.82) is 5.26 Å². The van der Waals surface area contributed by atoms with Crippen LogP contribution in [-0.4, -0.2) is 42.8 Å². The normalized spacial score (nSPS) is 22.2. The van der Waals surface area contributed by atoms with E-state index in [4.69, 9.17) is 14.7 Å². The third-order valence-electron chi connectivity index (χ3n) is 3.30. The molecule has 1 aliphatic heterocycles. The molecule has 1 aromatic rings. The lowest BCUT2D eigenvalue weighted by Crippen LogP contribution is -2.52. The van der Waals surface area contributed by atoms with E-state index in [1.54, 1.807) is 12.1 Å². The summed E-state index contributed by atoms with van der Waals surface area (Å²) in [5, 5.41) is 8.74. The van der Waals surface area contributed by atoms with E-state index in [0.717, 1.165) is 25.4 Å². The number of ether oxygens (including phenoxy) is 2. The molecule has 2 rings (SSSR count). The van der Waals surface area contributed by atoms with E-state index in [1.165, 1.54) is 0 Å². The molecular weight excluding hydrogens is 252 g/mol. The minimum atomic E-state index is -0.0912. The lowest BCUT2D eigenvalue weighted by molar-refractivity contribution is -0.129. The third-order valence-corrected chi connectivity index (χ3v) is 3.30. The number of benzene rings is 1. The molecule has 4 heteroatoms. The van der Waals surface area contributed by atoms with E-state index >= 15 is 0 Å². The first-order chi connectivity index (χ1) is 9.48. The zero-order chi connectivity index (χ0) is 14.6. The highest BCUT2D eigenvalue weighted by Gasteiger charge is 2.30. The molecule has 0 radical (unpaired) electrons. The number of morpholine rings is 1. The number of nitrogens with zero attached hydrogens (tertiary/aromatic N) is 2. The quantitative estimate of drug-likeness (QED) is 0.846. The first-order valence-corrected chi connectivity index (χ1v) is 7.02. The zero-order valence-corrected chi connectivity index (χ0v) is 12.4. The van der Waals surface area contributed by atoms with Crippen LogP contribution in [0, 0.1) is 11.3 Å². The van der Waals surface area contributed by atoms with Crippen molar-refractivity contribution in [2.24, 2.45) is 0 Å². The molecule has 1 aliphatic rings. The van der Waals surface area contributed by atoms with E-state index in [2.05, 4.69) is 31.7 Å². The van der Waals surface area contributed by atoms with Gasteiger partial charge in [0.05, 0.1) is 23.3 Å². The van der Waals surface area contributed by atoms with Gasteiger partial charge in [-0.05, 0) is 45.0 Å². The summed E-state index contributed by atoms with van der Waals surface area (Å²) in [5.74, 6) is 0.810. The minimum absolute atomic E-state index is 0.0912. The number of rotatable bonds is 4. The van der Waals surface area contributed by atoms with Gasteiger partial charge in [-0.15, -0.1) is 0 Å². The fourth-order valence-corrected chi connectivity index (χ4v) is 2.67. The molecule has 1 atom stereocenters. The minimum Gasteiger partial charge on any atom is -0.492 e. The molecule has 20 heavy (non-hydrogen) atoms. The Labute approximate surface area is 120 Å². The predicted molar refractivity (Wildman–Crippen MR) is 77.7 cm³/mol. The molecular formula is C16H22N2O2. The Kier molecular flexibility index (Phi) is 4.64. The van der Waals surface area contributed by atoms with Crippen molar-refractivity contribution in [2.45, 2.75) is 32.5 Å². The molecule has 108 valence electrons. The van der Waals surface area contributed by atoms with Crippen LogP contribution in [0.5, 0.6) is 5.75 Å². The molecule has 0 spiro atoms. The predicted octanol–water partition coefficient (Wildman–Crippen LogP) is 2.44. The summed E-state index contributed by atoms with van der Waals surface area (Å²) >= 11 is 0. The average molecular weight is 274 g/mol. The van der Waals surface area contributed by atoms with E-state index in [0.29, 0.717) is 12.2 Å². The molecule has 0 bridgehead atoms. The summed E-state index contributed by atoms with van der Waals surface area (Å²) in [6.45, 7) is 9.75. The summed E-state index contributed by atoms with van der Waals surface area (Å²) in [5.41, 5.74) is 0.563. The highest BCUT2D eigenvalue weighted by molar-refractivity contribution is 5.34. The molecule has 1 heterocycles. The van der Waals surface area contributed by atoms with Gasteiger partial charge in [-0.1, -0.05) is 0 Å². The Morgan fingerprint density at radius 1 is 1.40 bits per heavy atom. The third kappa shape index (κ3) is 4.22. The molecule has 0 aromatic heterocycles. The molecule has 1 unspecified atom stereocenters. The van der Waals surface area contributed by atoms with Crippen molar-refractivity contribution in [3.8, 4) is 11.8 Å². The fourth-order valence-electron chi connectivity index (χ4n) is 2.67. The van der Waals surface area contributed by atoms with Crippen molar-refractivity contribution < 1.29 is 9.47 Å². The van der Waals surface area contributed by atoms with Gasteiger partial charge >= 0.3 is 0 Å². The van der Waals surface area contributed by atoms with Gasteiger partial charge < -0.3 is 9.47 Å². The molecule has 1 fully saturated rings. The first kappa shape index (κ1) is 14.8. The SMILES string of the molecule is CC1CN(CCOc2ccc(C#N)cc2)CC(C)(C)O1. The van der Waals surface area contributed by atoms with E-state index in [9.17, 15) is 0 Å². The maximum atomic E-state index is 8.74. The Bertz CT molecular complexity index is 476. The van der Waals surface area contributed by atoms with Crippen LogP contribution >= 0.6 is 0 Å². The van der Waals surface area contributed by atoms with Gasteiger partial charge in [0.2, 0.25) is 0 Å². The molecule has 1 aromatic carbocycles. The van der Waals surface area contributed by atoms with Crippen LogP contribution in [0.3, 0.4) is 0 Å². The molecule has 0 aliphatic carbocycles. The summed E-state index contributed by atoms with van der Waals surface area (Å²) < 4.78 is 11.6. The molecule has 0 amide bonds. The van der Waals surface area contributed by atoms with E-state index in [-0.39, 0.29) is 11.7 Å². The summed E-state index contributed by atoms with van der Waals surface area (Å²) in [4.78, 5) is 2.37. The van der Waals surface area contributed by atoms with E-state index in [1.807, 2.05) is 12.1 Å². The lowest BCUT2D eigenvalue weighted by atomic mass is 10.1. The Morgan fingerprint density at radius 3 is 2.70 bits per heavy atom. The average Bonchev–Trinajstić information content (AvgIpc) is 2.37. The topological polar surface area (TPSA) is 45.5 Å². The van der Waals surface area contributed by atoms with Gasteiger partial charge in [0.25, 0.3) is 0 Å². The van der Waals surface area contributed by atoms with Crippen LogP contribution < -0.4 is 4.74 Å². The van der Waals surface area contributed by atoms with Gasteiger partial charge in [0, 0.05) is 19.6 Å². The van der Waals surface area contributed by atoms with Crippen molar-refractivity contribution >= 4 is 0 Å². The standard InChI is InChI=1S/C16H22N2O2/c1-13-11-18(12-16(2,3)20-13)8-9-19-15-6-4-14(10-17)5-7-15/h4-7,13H,8-9,11-12H2,1-3H3. The fraction of sp³-hybridized carbons (Fsp3) is 0.562. The molecule has 0 N–H and O–H groups in total. The highest BCUT2D eigenvalue weighted by Crippen LogP contribution is 2.20. The lowest BCUT2D eigenvalue weighted by Gasteiger charge is -2.41. The summed E-state index contributed by atoms with van der Waals surface area (Å²) in [6.07, 6.45) is 0.258. The zero-order valence-electron chi connectivity index (χ0n) is 12.4. The maximum absolute atomic E-state index is 8.74. The van der Waals surface area contributed by atoms with Gasteiger partial charge in [-0.25, -0.2) is 0 Å². The van der Waals surface area contributed by atoms with Crippen LogP contribution in [0.1, 0.15) is 26.3 Å². The van der Waals surface area contributed by atoms with Crippen molar-refractivity contribution in [3.63, 3.8) is 0 Å². The monoisotopic (exact) mass is 274 g/mol. The molecule has 4 nitrogen and oxygen atoms in total. The second-order valence-corrected chi connectivity index (χ2v) is 5.91. The van der Waals surface area contributed by atoms with Crippen molar-refractivity contribution in [1.82, 2.24) is 4.90 Å². The maximum Gasteiger partial charge on any atom is 0.119 e. The second-order valence-electron chi connectivity index (χ2n) is 5.91. The van der Waals surface area contributed by atoms with Gasteiger partial charge in [-0.2, -0.15) is 5.26 Å². The summed E-state index contributed by atoms with van der Waals surface area (Å²) in [7, 11) is 0. The van der Waals surface area contributed by atoms with Crippen LogP contribution in [0.15, 0.2) is 24.3 Å². The first-order valence-electron chi connectivity index (χ1n) is 7.02. The van der Waals surface area contributed by atoms with Crippen LogP contribution in [0.4, 0.5) is 0 Å². The Balaban J connectivity index is 1.79. The van der Waals surface area contributed by atoms with Gasteiger partial charge in [0.1, 0.15) is 12.4 Å². The molecule has 1 saturated heterocycles. The van der Waals surface area contributed by atoms with Gasteiger partial charge in [-0.3, -0.25) is 4.90 Å². The van der Waals surface area contributed by atoms with Gasteiger partial charge in [0.15, 0.2) is 0 Å². The second kappa shape index (κ2) is 6.25. The Hall–Kier alpha value is -1.57. The Morgan fingerprint density at radius 2 is 2.10 bits per heavy atom. The van der Waals surface area contributed by atoms with Crippen molar-refractivity contribution in [3.05, 3.63) is 29.8 Å².